The van der Waals surface area contributed by atoms with Crippen LogP contribution in [0.1, 0.15) is 23.9 Å². The van der Waals surface area contributed by atoms with Gasteiger partial charge in [0, 0.05) is 16.9 Å². The van der Waals surface area contributed by atoms with E-state index in [-0.39, 0.29) is 11.8 Å². The van der Waals surface area contributed by atoms with Crippen LogP contribution in [0.4, 0.5) is 5.69 Å². The molecule has 1 N–H and O–H groups in total. The lowest BCUT2D eigenvalue weighted by Crippen LogP contribution is -2.25. The summed E-state index contributed by atoms with van der Waals surface area (Å²) in [5.41, 5.74) is 3.70. The number of hydrogen-bond acceptors (Lipinski definition) is 3. The summed E-state index contributed by atoms with van der Waals surface area (Å²) in [4.78, 5) is 12.5. The number of anilines is 1. The Morgan fingerprint density at radius 3 is 2.63 bits per heavy atom. The first-order valence-electron chi connectivity index (χ1n) is 8.60. The molecule has 3 aromatic rings. The van der Waals surface area contributed by atoms with Gasteiger partial charge >= 0.3 is 0 Å². The van der Waals surface area contributed by atoms with Crippen molar-refractivity contribution in [2.45, 2.75) is 33.9 Å². The van der Waals surface area contributed by atoms with Crippen LogP contribution in [0.2, 0.25) is 5.02 Å². The predicted octanol–water partition coefficient (Wildman–Crippen LogP) is 4.44. The van der Waals surface area contributed by atoms with Gasteiger partial charge in [-0.05, 0) is 47.5 Å². The summed E-state index contributed by atoms with van der Waals surface area (Å²) in [6.45, 7) is 6.94. The molecule has 0 fully saturated rings. The third kappa shape index (κ3) is 4.78. The Morgan fingerprint density at radius 1 is 1.30 bits per heavy atom. The molecule has 0 saturated carbocycles. The Morgan fingerprint density at radius 2 is 2.00 bits per heavy atom. The van der Waals surface area contributed by atoms with Crippen molar-refractivity contribution in [2.24, 2.45) is 5.92 Å². The van der Waals surface area contributed by atoms with Gasteiger partial charge in [0.25, 0.3) is 0 Å². The van der Waals surface area contributed by atoms with Crippen LogP contribution in [-0.4, -0.2) is 25.5 Å². The van der Waals surface area contributed by atoms with Crippen molar-refractivity contribution in [1.29, 1.82) is 0 Å². The fraction of sp³-hybridized carbons (Fsp3) is 0.316. The Labute approximate surface area is 171 Å². The zero-order valence-corrected chi connectivity index (χ0v) is 17.8. The quantitative estimate of drug-likeness (QED) is 0.604. The molecule has 1 aromatic carbocycles. The average molecular weight is 451 g/mol. The Bertz CT molecular complexity index is 948. The molecule has 0 radical (unpaired) electrons. The van der Waals surface area contributed by atoms with Gasteiger partial charge in [0.15, 0.2) is 0 Å². The SMILES string of the molecule is Cc1nn(CC(C)C(=O)Nc2cnn(Cc3ccc(Cl)cc3)c2)c(C)c1Br. The summed E-state index contributed by atoms with van der Waals surface area (Å²) < 4.78 is 4.62. The summed E-state index contributed by atoms with van der Waals surface area (Å²) in [6.07, 6.45) is 3.47. The topological polar surface area (TPSA) is 64.7 Å². The highest BCUT2D eigenvalue weighted by atomic mass is 79.9. The number of carbonyl (C=O) groups is 1. The molecule has 0 saturated heterocycles. The van der Waals surface area contributed by atoms with Crippen molar-refractivity contribution in [3.63, 3.8) is 0 Å². The van der Waals surface area contributed by atoms with Crippen LogP contribution in [0.25, 0.3) is 0 Å². The minimum absolute atomic E-state index is 0.0651. The molecule has 1 amide bonds. The van der Waals surface area contributed by atoms with E-state index in [9.17, 15) is 4.79 Å². The van der Waals surface area contributed by atoms with E-state index in [2.05, 4.69) is 31.4 Å². The van der Waals surface area contributed by atoms with E-state index in [1.165, 1.54) is 0 Å². The lowest BCUT2D eigenvalue weighted by molar-refractivity contribution is -0.119. The number of halogens is 2. The van der Waals surface area contributed by atoms with E-state index in [1.54, 1.807) is 10.9 Å². The highest BCUT2D eigenvalue weighted by Gasteiger charge is 2.18. The lowest BCUT2D eigenvalue weighted by Gasteiger charge is -2.12. The lowest BCUT2D eigenvalue weighted by atomic mass is 10.1. The largest absolute Gasteiger partial charge is 0.323 e. The van der Waals surface area contributed by atoms with Gasteiger partial charge in [-0.2, -0.15) is 10.2 Å². The zero-order valence-electron chi connectivity index (χ0n) is 15.4. The van der Waals surface area contributed by atoms with Gasteiger partial charge in [-0.15, -0.1) is 0 Å². The molecule has 0 aliphatic carbocycles. The Balaban J connectivity index is 1.59. The molecule has 27 heavy (non-hydrogen) atoms. The van der Waals surface area contributed by atoms with Crippen molar-refractivity contribution >= 4 is 39.1 Å². The molecule has 6 nitrogen and oxygen atoms in total. The summed E-state index contributed by atoms with van der Waals surface area (Å²) in [5.74, 6) is -0.292. The van der Waals surface area contributed by atoms with Gasteiger partial charge in [-0.1, -0.05) is 30.7 Å². The van der Waals surface area contributed by atoms with Gasteiger partial charge in [-0.3, -0.25) is 14.2 Å². The van der Waals surface area contributed by atoms with Gasteiger partial charge in [0.05, 0.1) is 41.1 Å². The zero-order chi connectivity index (χ0) is 19.6. The molecule has 142 valence electrons. The first kappa shape index (κ1) is 19.6. The number of carbonyl (C=O) groups excluding carboxylic acids is 1. The van der Waals surface area contributed by atoms with Crippen LogP contribution in [0.3, 0.4) is 0 Å². The summed E-state index contributed by atoms with van der Waals surface area (Å²) in [7, 11) is 0. The van der Waals surface area contributed by atoms with Crippen LogP contribution in [0, 0.1) is 19.8 Å². The fourth-order valence-corrected chi connectivity index (χ4v) is 3.16. The van der Waals surface area contributed by atoms with E-state index in [1.807, 2.05) is 55.9 Å². The van der Waals surface area contributed by atoms with E-state index in [0.29, 0.717) is 23.8 Å². The summed E-state index contributed by atoms with van der Waals surface area (Å²) >= 11 is 9.42. The summed E-state index contributed by atoms with van der Waals surface area (Å²) in [5, 5.41) is 12.4. The maximum absolute atomic E-state index is 12.5. The van der Waals surface area contributed by atoms with Crippen molar-refractivity contribution < 1.29 is 4.79 Å². The predicted molar refractivity (Wildman–Crippen MR) is 110 cm³/mol. The van der Waals surface area contributed by atoms with Crippen LogP contribution >= 0.6 is 27.5 Å². The van der Waals surface area contributed by atoms with Gasteiger partial charge in [0.2, 0.25) is 5.91 Å². The Kier molecular flexibility index (Phi) is 6.01. The second-order valence-electron chi connectivity index (χ2n) is 6.61. The Hall–Kier alpha value is -2.12. The third-order valence-corrected chi connectivity index (χ3v) is 5.75. The number of hydrogen-bond donors (Lipinski definition) is 1. The van der Waals surface area contributed by atoms with Crippen molar-refractivity contribution in [3.05, 3.63) is 63.1 Å². The second kappa shape index (κ2) is 8.27. The molecule has 0 aliphatic heterocycles. The van der Waals surface area contributed by atoms with Crippen LogP contribution in [0.5, 0.6) is 0 Å². The number of benzene rings is 1. The molecular weight excluding hydrogens is 430 g/mol. The monoisotopic (exact) mass is 449 g/mol. The number of nitrogens with one attached hydrogen (secondary N) is 1. The molecule has 1 atom stereocenters. The van der Waals surface area contributed by atoms with Crippen molar-refractivity contribution in [2.75, 3.05) is 5.32 Å². The van der Waals surface area contributed by atoms with E-state index >= 15 is 0 Å². The van der Waals surface area contributed by atoms with E-state index in [0.717, 1.165) is 21.4 Å². The summed E-state index contributed by atoms with van der Waals surface area (Å²) in [6, 6.07) is 7.61. The van der Waals surface area contributed by atoms with Crippen LogP contribution in [0.15, 0.2) is 41.1 Å². The number of aromatic nitrogens is 4. The number of rotatable bonds is 6. The third-order valence-electron chi connectivity index (χ3n) is 4.35. The highest BCUT2D eigenvalue weighted by molar-refractivity contribution is 9.10. The standard InChI is InChI=1S/C19H21BrClN5O/c1-12(9-26-14(3)18(20)13(2)24-26)19(27)23-17-8-22-25(11-17)10-15-4-6-16(21)7-5-15/h4-8,11-12H,9-10H2,1-3H3,(H,23,27). The molecular formula is C19H21BrClN5O. The van der Waals surface area contributed by atoms with Crippen molar-refractivity contribution in [1.82, 2.24) is 19.6 Å². The average Bonchev–Trinajstić information content (AvgIpc) is 3.17. The maximum atomic E-state index is 12.5. The van der Waals surface area contributed by atoms with Crippen LogP contribution < -0.4 is 5.32 Å². The minimum Gasteiger partial charge on any atom is -0.323 e. The van der Waals surface area contributed by atoms with Crippen molar-refractivity contribution in [3.8, 4) is 0 Å². The molecule has 3 rings (SSSR count). The number of aryl methyl sites for hydroxylation is 1. The van der Waals surface area contributed by atoms with E-state index in [4.69, 9.17) is 11.6 Å². The highest BCUT2D eigenvalue weighted by Crippen LogP contribution is 2.21. The van der Waals surface area contributed by atoms with E-state index < -0.39 is 0 Å². The van der Waals surface area contributed by atoms with Gasteiger partial charge in [-0.25, -0.2) is 0 Å². The molecule has 1 unspecified atom stereocenters. The molecule has 0 spiro atoms. The molecule has 0 bridgehead atoms. The normalized spacial score (nSPS) is 12.2. The first-order valence-corrected chi connectivity index (χ1v) is 9.78. The molecule has 8 heteroatoms. The molecule has 2 heterocycles. The smallest absolute Gasteiger partial charge is 0.229 e. The van der Waals surface area contributed by atoms with Gasteiger partial charge in [0.1, 0.15) is 0 Å². The number of nitrogens with zero attached hydrogens (tertiary/aromatic N) is 4. The maximum Gasteiger partial charge on any atom is 0.229 e. The number of amides is 1. The molecule has 2 aromatic heterocycles. The van der Waals surface area contributed by atoms with Crippen LogP contribution in [-0.2, 0) is 17.9 Å². The molecule has 0 aliphatic rings. The second-order valence-corrected chi connectivity index (χ2v) is 7.84. The fourth-order valence-electron chi connectivity index (χ4n) is 2.75. The minimum atomic E-state index is -0.227. The first-order chi connectivity index (χ1) is 12.8. The van der Waals surface area contributed by atoms with Gasteiger partial charge < -0.3 is 5.32 Å².